The number of methoxy groups -OCH3 is 1. The van der Waals surface area contributed by atoms with Gasteiger partial charge >= 0.3 is 5.97 Å². The zero-order valence-corrected chi connectivity index (χ0v) is 17.9. The van der Waals surface area contributed by atoms with Gasteiger partial charge in [0.1, 0.15) is 11.8 Å². The summed E-state index contributed by atoms with van der Waals surface area (Å²) in [5, 5.41) is 0. The molecule has 33 heavy (non-hydrogen) atoms. The third-order valence-corrected chi connectivity index (χ3v) is 5.44. The van der Waals surface area contributed by atoms with Gasteiger partial charge in [0, 0.05) is 12.0 Å². The lowest BCUT2D eigenvalue weighted by molar-refractivity contribution is -0.147. The molecule has 0 saturated carbocycles. The van der Waals surface area contributed by atoms with Crippen LogP contribution in [0.25, 0.3) is 0 Å². The Morgan fingerprint density at radius 3 is 1.97 bits per heavy atom. The van der Waals surface area contributed by atoms with Gasteiger partial charge < -0.3 is 9.47 Å². The second-order valence-corrected chi connectivity index (χ2v) is 7.49. The van der Waals surface area contributed by atoms with Crippen molar-refractivity contribution in [3.63, 3.8) is 0 Å². The van der Waals surface area contributed by atoms with E-state index in [1.807, 2.05) is 6.07 Å². The average Bonchev–Trinajstić information content (AvgIpc) is 3.11. The molecule has 0 spiro atoms. The molecule has 1 aliphatic rings. The Balaban J connectivity index is 1.54. The van der Waals surface area contributed by atoms with Gasteiger partial charge in [-0.1, -0.05) is 42.5 Å². The topological polar surface area (TPSA) is 90.0 Å². The normalized spacial score (nSPS) is 13.4. The first-order valence-corrected chi connectivity index (χ1v) is 10.3. The third kappa shape index (κ3) is 4.52. The van der Waals surface area contributed by atoms with Crippen molar-refractivity contribution in [2.45, 2.75) is 12.5 Å². The van der Waals surface area contributed by atoms with Crippen LogP contribution in [-0.4, -0.2) is 48.2 Å². The molecule has 0 aromatic heterocycles. The van der Waals surface area contributed by atoms with Gasteiger partial charge in [-0.25, -0.2) is 4.79 Å². The van der Waals surface area contributed by atoms with Crippen LogP contribution in [0.3, 0.4) is 0 Å². The molecule has 0 radical (unpaired) electrons. The molecule has 0 N–H and O–H groups in total. The lowest BCUT2D eigenvalue weighted by Gasteiger charge is -2.24. The zero-order valence-electron chi connectivity index (χ0n) is 17.9. The number of esters is 1. The van der Waals surface area contributed by atoms with E-state index in [9.17, 15) is 19.2 Å². The zero-order chi connectivity index (χ0) is 23.4. The molecule has 1 aliphatic heterocycles. The molecule has 1 atom stereocenters. The number of hydrogen-bond donors (Lipinski definition) is 0. The fourth-order valence-electron chi connectivity index (χ4n) is 3.70. The summed E-state index contributed by atoms with van der Waals surface area (Å²) < 4.78 is 10.4. The van der Waals surface area contributed by atoms with Crippen molar-refractivity contribution < 1.29 is 28.7 Å². The van der Waals surface area contributed by atoms with E-state index < -0.39 is 36.2 Å². The number of imide groups is 1. The maximum Gasteiger partial charge on any atom is 0.330 e. The molecule has 166 valence electrons. The summed E-state index contributed by atoms with van der Waals surface area (Å²) in [5.74, 6) is -1.76. The fraction of sp³-hybridized carbons (Fsp3) is 0.154. The van der Waals surface area contributed by atoms with Crippen LogP contribution in [0.1, 0.15) is 36.6 Å². The average molecular weight is 443 g/mol. The second-order valence-electron chi connectivity index (χ2n) is 7.49. The maximum absolute atomic E-state index is 13.1. The van der Waals surface area contributed by atoms with E-state index in [4.69, 9.17) is 9.47 Å². The van der Waals surface area contributed by atoms with Crippen LogP contribution < -0.4 is 4.74 Å². The number of carbonyl (C=O) groups excluding carboxylic acids is 4. The number of nitrogens with zero attached hydrogens (tertiary/aromatic N) is 1. The highest BCUT2D eigenvalue weighted by Gasteiger charge is 2.43. The Bertz CT molecular complexity index is 1170. The summed E-state index contributed by atoms with van der Waals surface area (Å²) in [5.41, 5.74) is 1.58. The molecule has 3 aromatic rings. The van der Waals surface area contributed by atoms with Crippen LogP contribution in [0.4, 0.5) is 0 Å². The molecule has 4 rings (SSSR count). The number of benzene rings is 3. The fourth-order valence-corrected chi connectivity index (χ4v) is 3.70. The first-order valence-electron chi connectivity index (χ1n) is 10.3. The van der Waals surface area contributed by atoms with Crippen molar-refractivity contribution in [1.82, 2.24) is 4.90 Å². The first-order chi connectivity index (χ1) is 16.0. The van der Waals surface area contributed by atoms with Gasteiger partial charge in [0.15, 0.2) is 12.4 Å². The maximum atomic E-state index is 13.1. The van der Waals surface area contributed by atoms with Gasteiger partial charge in [-0.15, -0.1) is 0 Å². The highest BCUT2D eigenvalue weighted by molar-refractivity contribution is 6.22. The Kier molecular flexibility index (Phi) is 6.31. The van der Waals surface area contributed by atoms with Crippen molar-refractivity contribution >= 4 is 23.6 Å². The van der Waals surface area contributed by atoms with Crippen LogP contribution >= 0.6 is 0 Å². The largest absolute Gasteiger partial charge is 0.497 e. The van der Waals surface area contributed by atoms with Crippen LogP contribution in [0, 0.1) is 0 Å². The van der Waals surface area contributed by atoms with Crippen LogP contribution in [0.15, 0.2) is 78.9 Å². The predicted molar refractivity (Wildman–Crippen MR) is 119 cm³/mol. The second kappa shape index (κ2) is 9.48. The van der Waals surface area contributed by atoms with Crippen molar-refractivity contribution in [3.05, 3.63) is 101 Å². The van der Waals surface area contributed by atoms with E-state index in [-0.39, 0.29) is 17.5 Å². The third-order valence-electron chi connectivity index (χ3n) is 5.44. The molecule has 1 heterocycles. The lowest BCUT2D eigenvalue weighted by Crippen LogP contribution is -2.47. The highest BCUT2D eigenvalue weighted by Crippen LogP contribution is 2.26. The number of hydrogen-bond acceptors (Lipinski definition) is 6. The molecule has 0 aliphatic carbocycles. The molecule has 0 unspecified atom stereocenters. The van der Waals surface area contributed by atoms with E-state index in [1.54, 1.807) is 72.8 Å². The highest BCUT2D eigenvalue weighted by atomic mass is 16.5. The van der Waals surface area contributed by atoms with E-state index in [2.05, 4.69) is 0 Å². The Labute approximate surface area is 190 Å². The van der Waals surface area contributed by atoms with Crippen molar-refractivity contribution in [1.29, 1.82) is 0 Å². The quantitative estimate of drug-likeness (QED) is 0.301. The molecule has 2 amide bonds. The Morgan fingerprint density at radius 2 is 1.39 bits per heavy atom. The standard InChI is InChI=1S/C26H21NO6/c1-32-19-13-11-18(12-14-19)23(28)16-33-26(31)22(15-17-7-3-2-4-8-17)27-24(29)20-9-5-6-10-21(20)25(27)30/h2-14,22H,15-16H2,1H3/t22-/m1/s1. The van der Waals surface area contributed by atoms with Gasteiger partial charge in [-0.3, -0.25) is 19.3 Å². The van der Waals surface area contributed by atoms with E-state index in [0.29, 0.717) is 11.3 Å². The van der Waals surface area contributed by atoms with Crippen LogP contribution in [0.5, 0.6) is 5.75 Å². The number of carbonyl (C=O) groups is 4. The number of rotatable bonds is 8. The number of ether oxygens (including phenoxy) is 2. The Hall–Kier alpha value is -4.26. The van der Waals surface area contributed by atoms with Crippen molar-refractivity contribution in [2.75, 3.05) is 13.7 Å². The minimum atomic E-state index is -1.21. The monoisotopic (exact) mass is 443 g/mol. The summed E-state index contributed by atoms with van der Waals surface area (Å²) in [6.45, 7) is -0.514. The van der Waals surface area contributed by atoms with Gasteiger partial charge in [-0.05, 0) is 42.0 Å². The minimum absolute atomic E-state index is 0.0713. The van der Waals surface area contributed by atoms with Gasteiger partial charge in [-0.2, -0.15) is 0 Å². The number of amides is 2. The summed E-state index contributed by atoms with van der Waals surface area (Å²) in [7, 11) is 1.52. The predicted octanol–water partition coefficient (Wildman–Crippen LogP) is 3.33. The minimum Gasteiger partial charge on any atom is -0.497 e. The number of Topliss-reactive ketones (excluding diaryl/α,β-unsaturated/α-hetero) is 1. The van der Waals surface area contributed by atoms with E-state index in [0.717, 1.165) is 10.5 Å². The SMILES string of the molecule is COc1ccc(C(=O)COC(=O)[C@@H](Cc2ccccc2)N2C(=O)c3ccccc3C2=O)cc1. The number of ketones is 1. The van der Waals surface area contributed by atoms with Crippen molar-refractivity contribution in [2.24, 2.45) is 0 Å². The Morgan fingerprint density at radius 1 is 0.818 bits per heavy atom. The molecule has 0 fully saturated rings. The molecular weight excluding hydrogens is 422 g/mol. The van der Waals surface area contributed by atoms with Gasteiger partial charge in [0.2, 0.25) is 0 Å². The molecule has 7 nitrogen and oxygen atoms in total. The van der Waals surface area contributed by atoms with Gasteiger partial charge in [0.25, 0.3) is 11.8 Å². The van der Waals surface area contributed by atoms with Crippen molar-refractivity contribution in [3.8, 4) is 5.75 Å². The number of fused-ring (bicyclic) bond motifs is 1. The van der Waals surface area contributed by atoms with Crippen LogP contribution in [-0.2, 0) is 16.0 Å². The molecule has 0 bridgehead atoms. The molecule has 7 heteroatoms. The lowest BCUT2D eigenvalue weighted by atomic mass is 10.0. The first kappa shape index (κ1) is 22.0. The smallest absolute Gasteiger partial charge is 0.330 e. The summed E-state index contributed by atoms with van der Waals surface area (Å²) in [4.78, 5) is 52.5. The summed E-state index contributed by atoms with van der Waals surface area (Å²) in [6.07, 6.45) is 0.0713. The van der Waals surface area contributed by atoms with Crippen LogP contribution in [0.2, 0.25) is 0 Å². The molecule has 3 aromatic carbocycles. The van der Waals surface area contributed by atoms with E-state index in [1.165, 1.54) is 7.11 Å². The molecule has 0 saturated heterocycles. The van der Waals surface area contributed by atoms with Gasteiger partial charge in [0.05, 0.1) is 18.2 Å². The summed E-state index contributed by atoms with van der Waals surface area (Å²) >= 11 is 0. The summed E-state index contributed by atoms with van der Waals surface area (Å²) in [6, 6.07) is 20.6. The molecular formula is C26H21NO6. The van der Waals surface area contributed by atoms with E-state index >= 15 is 0 Å².